The minimum Gasteiger partial charge on any atom is -0.380 e. The van der Waals surface area contributed by atoms with Crippen molar-refractivity contribution in [3.8, 4) is 6.07 Å². The summed E-state index contributed by atoms with van der Waals surface area (Å²) in [5, 5.41) is 12.4. The first kappa shape index (κ1) is 25.6. The van der Waals surface area contributed by atoms with Gasteiger partial charge in [0.15, 0.2) is 6.29 Å². The van der Waals surface area contributed by atoms with Crippen LogP contribution in [0.2, 0.25) is 0 Å². The van der Waals surface area contributed by atoms with Gasteiger partial charge in [0.25, 0.3) is 0 Å². The Morgan fingerprint density at radius 1 is 1.34 bits per heavy atom. The number of rotatable bonds is 6. The van der Waals surface area contributed by atoms with Crippen molar-refractivity contribution in [1.82, 2.24) is 14.9 Å². The van der Waals surface area contributed by atoms with Gasteiger partial charge >= 0.3 is 6.03 Å². The number of aldehydes is 1. The van der Waals surface area contributed by atoms with Crippen molar-refractivity contribution >= 4 is 35.5 Å². The Hall–Kier alpha value is -4.08. The number of anilines is 3. The molecule has 2 fully saturated rings. The van der Waals surface area contributed by atoms with Crippen molar-refractivity contribution in [1.29, 1.82) is 5.26 Å². The molecule has 0 bridgehead atoms. The van der Waals surface area contributed by atoms with E-state index in [0.29, 0.717) is 67.4 Å². The Bertz CT molecular complexity index is 1290. The van der Waals surface area contributed by atoms with Gasteiger partial charge in [-0.2, -0.15) is 5.26 Å². The number of pyridine rings is 2. The SMILES string of the molecule is COC1CCN(c2cc(NC(=O)N3CCCc4cc(CN5CCOCC5=O)c(C=O)nc43)ncc2C#N)C1. The molecule has 3 aliphatic rings. The summed E-state index contributed by atoms with van der Waals surface area (Å²) in [5.74, 6) is 0.604. The first-order valence-corrected chi connectivity index (χ1v) is 12.6. The minimum absolute atomic E-state index is 0.0263. The Balaban J connectivity index is 1.36. The highest BCUT2D eigenvalue weighted by Crippen LogP contribution is 2.30. The van der Waals surface area contributed by atoms with E-state index in [2.05, 4.69) is 26.3 Å². The number of hydrogen-bond acceptors (Lipinski definition) is 9. The molecule has 0 spiro atoms. The summed E-state index contributed by atoms with van der Waals surface area (Å²) in [7, 11) is 1.67. The van der Waals surface area contributed by atoms with Crippen molar-refractivity contribution < 1.29 is 23.9 Å². The van der Waals surface area contributed by atoms with Crippen molar-refractivity contribution in [3.05, 3.63) is 40.7 Å². The number of methoxy groups -OCH3 is 1. The normalized spacial score (nSPS) is 19.2. The second kappa shape index (κ2) is 11.1. The lowest BCUT2D eigenvalue weighted by atomic mass is 10.0. The summed E-state index contributed by atoms with van der Waals surface area (Å²) >= 11 is 0. The molecule has 0 aromatic carbocycles. The van der Waals surface area contributed by atoms with Gasteiger partial charge in [-0.05, 0) is 30.9 Å². The number of aryl methyl sites for hydroxylation is 1. The van der Waals surface area contributed by atoms with E-state index < -0.39 is 6.03 Å². The number of amides is 3. The molecular weight excluding hydrogens is 490 g/mol. The highest BCUT2D eigenvalue weighted by molar-refractivity contribution is 6.02. The highest BCUT2D eigenvalue weighted by Gasteiger charge is 2.29. The van der Waals surface area contributed by atoms with Crippen molar-refractivity contribution in [3.63, 3.8) is 0 Å². The number of hydrogen-bond donors (Lipinski definition) is 1. The number of ether oxygens (including phenoxy) is 2. The van der Waals surface area contributed by atoms with Gasteiger partial charge in [0, 0.05) is 57.7 Å². The quantitative estimate of drug-likeness (QED) is 0.565. The third kappa shape index (κ3) is 5.16. The van der Waals surface area contributed by atoms with Gasteiger partial charge in [-0.1, -0.05) is 0 Å². The number of urea groups is 1. The summed E-state index contributed by atoms with van der Waals surface area (Å²) in [4.78, 5) is 51.4. The monoisotopic (exact) mass is 519 g/mol. The summed E-state index contributed by atoms with van der Waals surface area (Å²) in [6.45, 7) is 3.01. The highest BCUT2D eigenvalue weighted by atomic mass is 16.5. The number of carbonyl (C=O) groups is 3. The van der Waals surface area contributed by atoms with Gasteiger partial charge < -0.3 is 19.3 Å². The van der Waals surface area contributed by atoms with E-state index >= 15 is 0 Å². The number of nitriles is 1. The molecule has 2 aromatic rings. The Morgan fingerprint density at radius 3 is 2.95 bits per heavy atom. The van der Waals surface area contributed by atoms with Crippen LogP contribution in [0.4, 0.5) is 22.1 Å². The maximum absolute atomic E-state index is 13.3. The molecule has 2 saturated heterocycles. The van der Waals surface area contributed by atoms with Crippen LogP contribution in [-0.4, -0.2) is 85.7 Å². The molecular formula is C26H29N7O5. The van der Waals surface area contributed by atoms with Gasteiger partial charge in [0.1, 0.15) is 30.0 Å². The van der Waals surface area contributed by atoms with Gasteiger partial charge in [0.2, 0.25) is 5.91 Å². The van der Waals surface area contributed by atoms with Crippen LogP contribution in [0.1, 0.15) is 40.0 Å². The average Bonchev–Trinajstić information content (AvgIpc) is 3.43. The Labute approximate surface area is 220 Å². The van der Waals surface area contributed by atoms with Gasteiger partial charge in [-0.25, -0.2) is 14.8 Å². The van der Waals surface area contributed by atoms with Gasteiger partial charge in [0.05, 0.1) is 24.0 Å². The molecule has 12 nitrogen and oxygen atoms in total. The molecule has 12 heteroatoms. The maximum Gasteiger partial charge on any atom is 0.328 e. The molecule has 1 atom stereocenters. The van der Waals surface area contributed by atoms with Crippen LogP contribution in [0, 0.1) is 11.3 Å². The standard InChI is InChI=1S/C26H29N7O5/c1-37-20-4-6-31(14-20)22-10-23(28-12-19(22)11-27)30-26(36)33-5-2-3-17-9-18(21(15-34)29-25(17)33)13-32-7-8-38-16-24(32)35/h9-10,12,15,20H,2-8,13-14,16H2,1H3,(H,28,30,36). The number of fused-ring (bicyclic) bond motifs is 1. The molecule has 2 aromatic heterocycles. The number of aromatic nitrogens is 2. The average molecular weight is 520 g/mol. The van der Waals surface area contributed by atoms with E-state index in [4.69, 9.17) is 9.47 Å². The Morgan fingerprint density at radius 2 is 2.21 bits per heavy atom. The van der Waals surface area contributed by atoms with E-state index in [0.717, 1.165) is 24.9 Å². The summed E-state index contributed by atoms with van der Waals surface area (Å²) in [5.41, 5.74) is 2.80. The predicted molar refractivity (Wildman–Crippen MR) is 137 cm³/mol. The fourth-order valence-corrected chi connectivity index (χ4v) is 5.08. The second-order valence-corrected chi connectivity index (χ2v) is 9.48. The molecule has 1 unspecified atom stereocenters. The predicted octanol–water partition coefficient (Wildman–Crippen LogP) is 1.73. The first-order chi connectivity index (χ1) is 18.5. The van der Waals surface area contributed by atoms with Gasteiger partial charge in [-0.15, -0.1) is 0 Å². The van der Waals surface area contributed by atoms with Crippen LogP contribution < -0.4 is 15.1 Å². The van der Waals surface area contributed by atoms with Crippen LogP contribution >= 0.6 is 0 Å². The van der Waals surface area contributed by atoms with Crippen LogP contribution in [0.5, 0.6) is 0 Å². The first-order valence-electron chi connectivity index (χ1n) is 12.6. The molecule has 0 saturated carbocycles. The van der Waals surface area contributed by atoms with Crippen molar-refractivity contribution in [2.24, 2.45) is 0 Å². The van der Waals surface area contributed by atoms with Crippen molar-refractivity contribution in [2.75, 3.05) is 61.6 Å². The number of carbonyl (C=O) groups excluding carboxylic acids is 3. The van der Waals surface area contributed by atoms with Crippen LogP contribution in [-0.2, 0) is 27.2 Å². The maximum atomic E-state index is 13.3. The zero-order valence-corrected chi connectivity index (χ0v) is 21.2. The topological polar surface area (TPSA) is 141 Å². The molecule has 1 N–H and O–H groups in total. The van der Waals surface area contributed by atoms with E-state index in [1.807, 2.05) is 6.07 Å². The number of nitrogens with zero attached hydrogens (tertiary/aromatic N) is 6. The zero-order valence-electron chi connectivity index (χ0n) is 21.2. The largest absolute Gasteiger partial charge is 0.380 e. The molecule has 3 amide bonds. The summed E-state index contributed by atoms with van der Waals surface area (Å²) < 4.78 is 10.6. The third-order valence-corrected chi connectivity index (χ3v) is 7.13. The third-order valence-electron chi connectivity index (χ3n) is 7.13. The summed E-state index contributed by atoms with van der Waals surface area (Å²) in [6, 6.07) is 5.31. The van der Waals surface area contributed by atoms with E-state index in [1.54, 1.807) is 18.1 Å². The summed E-state index contributed by atoms with van der Waals surface area (Å²) in [6.07, 6.45) is 4.46. The Kier molecular flexibility index (Phi) is 7.48. The number of nitrogens with one attached hydrogen (secondary N) is 1. The minimum atomic E-state index is -0.425. The lowest BCUT2D eigenvalue weighted by molar-refractivity contribution is -0.143. The molecule has 198 valence electrons. The molecule has 0 aliphatic carbocycles. The van der Waals surface area contributed by atoms with E-state index in [-0.39, 0.29) is 30.9 Å². The van der Waals surface area contributed by atoms with E-state index in [9.17, 15) is 19.6 Å². The zero-order chi connectivity index (χ0) is 26.6. The molecule has 0 radical (unpaired) electrons. The second-order valence-electron chi connectivity index (χ2n) is 9.48. The molecule has 38 heavy (non-hydrogen) atoms. The van der Waals surface area contributed by atoms with Crippen LogP contribution in [0.15, 0.2) is 18.3 Å². The fraction of sp³-hybridized carbons (Fsp3) is 0.462. The fourth-order valence-electron chi connectivity index (χ4n) is 5.08. The van der Waals surface area contributed by atoms with Crippen LogP contribution in [0.3, 0.4) is 0 Å². The molecule has 3 aliphatic heterocycles. The van der Waals surface area contributed by atoms with E-state index in [1.165, 1.54) is 11.1 Å². The number of morpholine rings is 1. The lowest BCUT2D eigenvalue weighted by Gasteiger charge is -2.31. The van der Waals surface area contributed by atoms with Gasteiger partial charge in [-0.3, -0.25) is 19.8 Å². The van der Waals surface area contributed by atoms with Crippen molar-refractivity contribution in [2.45, 2.75) is 31.9 Å². The smallest absolute Gasteiger partial charge is 0.328 e. The molecule has 5 rings (SSSR count). The lowest BCUT2D eigenvalue weighted by Crippen LogP contribution is -2.42. The van der Waals surface area contributed by atoms with Crippen LogP contribution in [0.25, 0.3) is 0 Å². The molecule has 5 heterocycles.